The second-order valence-electron chi connectivity index (χ2n) is 6.01. The second-order valence-corrected chi connectivity index (χ2v) is 7.61. The van der Waals surface area contributed by atoms with Crippen molar-refractivity contribution in [2.45, 2.75) is 40.0 Å². The minimum atomic E-state index is -4.40. The maximum Gasteiger partial charge on any atom is 0.356 e. The van der Waals surface area contributed by atoms with E-state index in [2.05, 4.69) is 0 Å². The molecule has 0 saturated carbocycles. The van der Waals surface area contributed by atoms with Gasteiger partial charge >= 0.3 is 7.60 Å². The molecule has 2 N–H and O–H groups in total. The number of hydrogen-bond acceptors (Lipinski definition) is 2. The third-order valence-electron chi connectivity index (χ3n) is 3.92. The highest BCUT2D eigenvalue weighted by Gasteiger charge is 2.21. The molecule has 2 rings (SSSR count). The van der Waals surface area contributed by atoms with E-state index in [-0.39, 0.29) is 16.8 Å². The fourth-order valence-electron chi connectivity index (χ4n) is 2.58. The van der Waals surface area contributed by atoms with Gasteiger partial charge in [0.2, 0.25) is 5.82 Å². The van der Waals surface area contributed by atoms with Crippen molar-refractivity contribution in [2.75, 3.05) is 0 Å². The number of benzene rings is 2. The van der Waals surface area contributed by atoms with Gasteiger partial charge in [-0.3, -0.25) is 4.57 Å². The van der Waals surface area contributed by atoms with Crippen molar-refractivity contribution in [3.63, 3.8) is 0 Å². The molecule has 0 unspecified atom stereocenters. The molecule has 0 aliphatic rings. The highest BCUT2D eigenvalue weighted by molar-refractivity contribution is 7.60. The summed E-state index contributed by atoms with van der Waals surface area (Å²) in [5.41, 5.74) is 1.15. The lowest BCUT2D eigenvalue weighted by atomic mass is 10.1. The molecule has 0 bridgehead atoms. The molecule has 2 aromatic carbocycles. The van der Waals surface area contributed by atoms with Gasteiger partial charge in [0.05, 0.1) is 5.30 Å². The summed E-state index contributed by atoms with van der Waals surface area (Å²) < 4.78 is 45.3. The first-order valence-electron chi connectivity index (χ1n) is 7.97. The van der Waals surface area contributed by atoms with Gasteiger partial charge in [0.25, 0.3) is 0 Å². The fraction of sp³-hybridized carbons (Fsp3) is 0.333. The van der Waals surface area contributed by atoms with Crippen LogP contribution in [0.5, 0.6) is 11.5 Å². The summed E-state index contributed by atoms with van der Waals surface area (Å²) in [5, 5.41) is -0.142. The smallest absolute Gasteiger partial charge is 0.356 e. The normalized spacial score (nSPS) is 11.6. The molecule has 7 heteroatoms. The van der Waals surface area contributed by atoms with Crippen LogP contribution in [0.3, 0.4) is 0 Å². The highest BCUT2D eigenvalue weighted by Crippen LogP contribution is 2.38. The minimum Gasteiger partial charge on any atom is -0.454 e. The van der Waals surface area contributed by atoms with Crippen LogP contribution in [0.1, 0.15) is 36.5 Å². The molecular formula is C18H21F2O4P. The Labute approximate surface area is 145 Å². The van der Waals surface area contributed by atoms with E-state index in [1.165, 1.54) is 24.3 Å². The number of unbranched alkanes of at least 4 members (excludes halogenated alkanes) is 1. The van der Waals surface area contributed by atoms with Crippen LogP contribution in [0.2, 0.25) is 0 Å². The van der Waals surface area contributed by atoms with Crippen LogP contribution in [0.25, 0.3) is 0 Å². The fourth-order valence-corrected chi connectivity index (χ4v) is 3.30. The molecule has 25 heavy (non-hydrogen) atoms. The lowest BCUT2D eigenvalue weighted by Crippen LogP contribution is -2.07. The summed E-state index contributed by atoms with van der Waals surface area (Å²) in [6.45, 7) is 5.15. The van der Waals surface area contributed by atoms with Gasteiger partial charge in [0.15, 0.2) is 11.6 Å². The van der Waals surface area contributed by atoms with Gasteiger partial charge in [-0.2, -0.15) is 4.39 Å². The molecule has 4 nitrogen and oxygen atoms in total. The van der Waals surface area contributed by atoms with Gasteiger partial charge < -0.3 is 14.5 Å². The number of halogens is 2. The van der Waals surface area contributed by atoms with Crippen LogP contribution in [-0.4, -0.2) is 9.79 Å². The molecule has 0 saturated heterocycles. The van der Waals surface area contributed by atoms with E-state index >= 15 is 0 Å². The molecule has 2 aromatic rings. The summed E-state index contributed by atoms with van der Waals surface area (Å²) in [6.07, 6.45) is 2.09. The first-order valence-corrected chi connectivity index (χ1v) is 9.58. The Kier molecular flexibility index (Phi) is 5.99. The molecule has 0 aromatic heterocycles. The number of ether oxygens (including phenoxy) is 1. The van der Waals surface area contributed by atoms with Crippen molar-refractivity contribution in [1.29, 1.82) is 0 Å². The number of aryl methyl sites for hydroxylation is 3. The standard InChI is InChI=1S/C18H21F2O4P/c1-4-5-6-13-7-8-15(17(20)16(13)19)24-18-11(2)9-14(10-12(18)3)25(21,22)23/h7-10H,4-6H2,1-3H3,(H2,21,22,23). The largest absolute Gasteiger partial charge is 0.454 e. The topological polar surface area (TPSA) is 66.8 Å². The molecule has 0 fully saturated rings. The SMILES string of the molecule is CCCCc1ccc(Oc2c(C)cc(P(=O)(O)O)cc2C)c(F)c1F. The maximum atomic E-state index is 14.3. The van der Waals surface area contributed by atoms with E-state index in [9.17, 15) is 23.1 Å². The maximum absolute atomic E-state index is 14.3. The molecule has 0 aliphatic carbocycles. The van der Waals surface area contributed by atoms with Crippen LogP contribution < -0.4 is 10.0 Å². The summed E-state index contributed by atoms with van der Waals surface area (Å²) >= 11 is 0. The Hall–Kier alpha value is -1.75. The second kappa shape index (κ2) is 7.65. The zero-order valence-electron chi connectivity index (χ0n) is 14.3. The lowest BCUT2D eigenvalue weighted by Gasteiger charge is -2.15. The van der Waals surface area contributed by atoms with Crippen LogP contribution >= 0.6 is 7.60 Å². The van der Waals surface area contributed by atoms with Crippen LogP contribution in [0.15, 0.2) is 24.3 Å². The quantitative estimate of drug-likeness (QED) is 0.734. The minimum absolute atomic E-state index is 0.142. The number of hydrogen-bond donors (Lipinski definition) is 2. The summed E-state index contributed by atoms with van der Waals surface area (Å²) in [6, 6.07) is 5.44. The number of rotatable bonds is 6. The molecular weight excluding hydrogens is 349 g/mol. The third-order valence-corrected chi connectivity index (χ3v) is 4.85. The van der Waals surface area contributed by atoms with E-state index in [1.807, 2.05) is 6.92 Å². The van der Waals surface area contributed by atoms with Crippen LogP contribution in [0.4, 0.5) is 8.78 Å². The third kappa shape index (κ3) is 4.46. The van der Waals surface area contributed by atoms with Gasteiger partial charge in [-0.25, -0.2) is 4.39 Å². The first kappa shape index (κ1) is 19.6. The Morgan fingerprint density at radius 2 is 1.68 bits per heavy atom. The van der Waals surface area contributed by atoms with E-state index < -0.39 is 19.2 Å². The average Bonchev–Trinajstić information content (AvgIpc) is 2.52. The predicted octanol–water partition coefficient (Wildman–Crippen LogP) is 4.52. The molecule has 0 atom stereocenters. The zero-order chi connectivity index (χ0) is 18.8. The molecule has 0 aliphatic heterocycles. The summed E-state index contributed by atoms with van der Waals surface area (Å²) in [5.74, 6) is -2.00. The van der Waals surface area contributed by atoms with Crippen LogP contribution in [0, 0.1) is 25.5 Å². The highest BCUT2D eigenvalue weighted by atomic mass is 31.2. The molecule has 136 valence electrons. The predicted molar refractivity (Wildman–Crippen MR) is 92.6 cm³/mol. The van der Waals surface area contributed by atoms with Gasteiger partial charge in [-0.05, 0) is 61.6 Å². The Morgan fingerprint density at radius 1 is 1.08 bits per heavy atom. The van der Waals surface area contributed by atoms with E-state index in [1.54, 1.807) is 13.8 Å². The summed E-state index contributed by atoms with van der Waals surface area (Å²) in [7, 11) is -4.40. The van der Waals surface area contributed by atoms with Crippen molar-refractivity contribution >= 4 is 12.9 Å². The van der Waals surface area contributed by atoms with Gasteiger partial charge in [-0.1, -0.05) is 19.4 Å². The van der Waals surface area contributed by atoms with Crippen LogP contribution in [-0.2, 0) is 11.0 Å². The van der Waals surface area contributed by atoms with E-state index in [4.69, 9.17) is 4.74 Å². The Balaban J connectivity index is 2.37. The zero-order valence-corrected chi connectivity index (χ0v) is 15.2. The van der Waals surface area contributed by atoms with Crippen molar-refractivity contribution in [3.05, 3.63) is 52.6 Å². The Bertz CT molecular complexity index is 807. The van der Waals surface area contributed by atoms with Crippen molar-refractivity contribution < 1.29 is 27.9 Å². The molecule has 0 heterocycles. The molecule has 0 radical (unpaired) electrons. The molecule has 0 spiro atoms. The average molecular weight is 370 g/mol. The van der Waals surface area contributed by atoms with Gasteiger partial charge in [-0.15, -0.1) is 0 Å². The van der Waals surface area contributed by atoms with E-state index in [0.29, 0.717) is 23.1 Å². The molecule has 0 amide bonds. The van der Waals surface area contributed by atoms with Crippen molar-refractivity contribution in [1.82, 2.24) is 0 Å². The van der Waals surface area contributed by atoms with Crippen molar-refractivity contribution in [3.8, 4) is 11.5 Å². The Morgan fingerprint density at radius 3 is 2.20 bits per heavy atom. The van der Waals surface area contributed by atoms with Gasteiger partial charge in [0.1, 0.15) is 5.75 Å². The monoisotopic (exact) mass is 370 g/mol. The lowest BCUT2D eigenvalue weighted by molar-refractivity contribution is 0.387. The van der Waals surface area contributed by atoms with E-state index in [0.717, 1.165) is 12.8 Å². The summed E-state index contributed by atoms with van der Waals surface area (Å²) in [4.78, 5) is 18.5. The first-order chi connectivity index (χ1) is 11.6. The van der Waals surface area contributed by atoms with Gasteiger partial charge in [0, 0.05) is 0 Å². The van der Waals surface area contributed by atoms with Crippen molar-refractivity contribution in [2.24, 2.45) is 0 Å².